The molecule has 19 heteroatoms. The summed E-state index contributed by atoms with van der Waals surface area (Å²) in [7, 11) is -6.91. The second-order valence-electron chi connectivity index (χ2n) is 4.96. The van der Waals surface area contributed by atoms with Crippen molar-refractivity contribution < 1.29 is 80.2 Å². The maximum absolute atomic E-state index is 13.1. The van der Waals surface area contributed by atoms with Crippen LogP contribution in [0.2, 0.25) is 0 Å². The van der Waals surface area contributed by atoms with Gasteiger partial charge in [-0.3, -0.25) is 4.57 Å². The van der Waals surface area contributed by atoms with Gasteiger partial charge < -0.3 is 5.11 Å². The van der Waals surface area contributed by atoms with Gasteiger partial charge in [0.25, 0.3) is 0 Å². The van der Waals surface area contributed by atoms with E-state index in [-0.39, 0.29) is 0 Å². The number of alkyl halides is 14. The Balaban J connectivity index is 5.71. The zero-order valence-electron chi connectivity index (χ0n) is 12.5. The van der Waals surface area contributed by atoms with E-state index in [0.29, 0.717) is 0 Å². The second kappa shape index (κ2) is 7.75. The maximum atomic E-state index is 13.1. The summed E-state index contributed by atoms with van der Waals surface area (Å²) in [5.41, 5.74) is 0. The minimum atomic E-state index is -6.91. The minimum absolute atomic E-state index is 2.45. The summed E-state index contributed by atoms with van der Waals surface area (Å²) in [5, 5.41) is 8.39. The molecule has 0 aliphatic carbocycles. The Morgan fingerprint density at radius 2 is 0.857 bits per heavy atom. The Labute approximate surface area is 144 Å². The standard InChI is InChI=1S/C9H7F14O4P/c10-4(11,1-6(14,15)16)8(20,21)26-28(25,3-24)27-9(22,23)5(12,13)2-7(17,18)19/h24H,1-3H2. The predicted octanol–water partition coefficient (Wildman–Crippen LogP) is 5.52. The molecule has 0 aromatic rings. The van der Waals surface area contributed by atoms with Gasteiger partial charge in [-0.25, -0.2) is 9.05 Å². The molecule has 0 aromatic carbocycles. The van der Waals surface area contributed by atoms with Crippen molar-refractivity contribution in [3.05, 3.63) is 0 Å². The maximum Gasteiger partial charge on any atom is 0.426 e. The van der Waals surface area contributed by atoms with E-state index in [2.05, 4.69) is 9.05 Å². The summed E-state index contributed by atoms with van der Waals surface area (Å²) in [6.07, 6.45) is -35.4. The third kappa shape index (κ3) is 7.51. The molecule has 0 aromatic heterocycles. The fraction of sp³-hybridized carbons (Fsp3) is 1.00. The smallest absolute Gasteiger partial charge is 0.384 e. The summed E-state index contributed by atoms with van der Waals surface area (Å²) < 4.78 is 191. The molecule has 0 fully saturated rings. The van der Waals surface area contributed by atoms with Crippen molar-refractivity contribution in [2.75, 3.05) is 6.35 Å². The molecule has 0 aliphatic heterocycles. The van der Waals surface area contributed by atoms with Gasteiger partial charge in [0, 0.05) is 0 Å². The van der Waals surface area contributed by atoms with Crippen LogP contribution in [0, 0.1) is 0 Å². The molecule has 0 radical (unpaired) electrons. The molecule has 0 bridgehead atoms. The minimum Gasteiger partial charge on any atom is -0.384 e. The summed E-state index contributed by atoms with van der Waals surface area (Å²) in [5.74, 6) is -12.7. The van der Waals surface area contributed by atoms with Crippen LogP contribution in [0.1, 0.15) is 12.8 Å². The molecule has 0 amide bonds. The van der Waals surface area contributed by atoms with Crippen LogP contribution in [0.5, 0.6) is 0 Å². The Bertz CT molecular complexity index is 536. The molecule has 4 nitrogen and oxygen atoms in total. The van der Waals surface area contributed by atoms with Gasteiger partial charge in [0.1, 0.15) is 19.2 Å². The molecule has 0 unspecified atom stereocenters. The average molecular weight is 476 g/mol. The van der Waals surface area contributed by atoms with E-state index in [1.165, 1.54) is 0 Å². The number of aliphatic hydroxyl groups is 1. The molecule has 0 heterocycles. The molecule has 0 aliphatic rings. The highest BCUT2D eigenvalue weighted by molar-refractivity contribution is 7.53. The molecule has 28 heavy (non-hydrogen) atoms. The molecule has 0 spiro atoms. The van der Waals surface area contributed by atoms with E-state index in [0.717, 1.165) is 0 Å². The monoisotopic (exact) mass is 476 g/mol. The first-order valence-corrected chi connectivity index (χ1v) is 7.88. The van der Waals surface area contributed by atoms with Gasteiger partial charge in [0.15, 0.2) is 0 Å². The van der Waals surface area contributed by atoms with Crippen molar-refractivity contribution in [1.82, 2.24) is 0 Å². The number of hydrogen-bond acceptors (Lipinski definition) is 4. The van der Waals surface area contributed by atoms with Crippen LogP contribution >= 0.6 is 7.60 Å². The SMILES string of the molecule is O=P(CO)(OC(F)(F)C(F)(F)CC(F)(F)F)OC(F)(F)C(F)(F)CC(F)(F)F. The average Bonchev–Trinajstić information content (AvgIpc) is 2.30. The fourth-order valence-electron chi connectivity index (χ4n) is 1.27. The largest absolute Gasteiger partial charge is 0.426 e. The van der Waals surface area contributed by atoms with Crippen LogP contribution in [0.3, 0.4) is 0 Å². The molecular weight excluding hydrogens is 469 g/mol. The molecule has 1 N–H and O–H groups in total. The first-order valence-electron chi connectivity index (χ1n) is 6.15. The molecule has 0 rings (SSSR count). The second-order valence-corrected chi connectivity index (χ2v) is 6.83. The number of hydrogen-bond donors (Lipinski definition) is 1. The van der Waals surface area contributed by atoms with Crippen molar-refractivity contribution in [3.63, 3.8) is 0 Å². The van der Waals surface area contributed by atoms with Crippen LogP contribution in [0.15, 0.2) is 0 Å². The number of halogens is 14. The first-order chi connectivity index (χ1) is 11.9. The third-order valence-corrected chi connectivity index (χ3v) is 3.74. The molecule has 0 atom stereocenters. The molecule has 170 valence electrons. The number of rotatable bonds is 9. The van der Waals surface area contributed by atoms with Crippen LogP contribution in [-0.2, 0) is 13.6 Å². The van der Waals surface area contributed by atoms with E-state index in [1.54, 1.807) is 0 Å². The summed E-state index contributed by atoms with van der Waals surface area (Å²) in [6, 6.07) is 0. The first kappa shape index (κ1) is 27.1. The van der Waals surface area contributed by atoms with E-state index in [9.17, 15) is 66.0 Å². The Hall–Kier alpha value is -0.870. The predicted molar refractivity (Wildman–Crippen MR) is 58.0 cm³/mol. The van der Waals surface area contributed by atoms with Crippen LogP contribution in [0.25, 0.3) is 0 Å². The normalized spacial score (nSPS) is 15.8. The summed E-state index contributed by atoms with van der Waals surface area (Å²) >= 11 is 0. The highest BCUT2D eigenvalue weighted by atomic mass is 31.2. The van der Waals surface area contributed by atoms with E-state index in [1.807, 2.05) is 0 Å². The summed E-state index contributed by atoms with van der Waals surface area (Å²) in [6.45, 7) is 0. The van der Waals surface area contributed by atoms with Crippen molar-refractivity contribution in [3.8, 4) is 0 Å². The topological polar surface area (TPSA) is 55.8 Å². The third-order valence-electron chi connectivity index (χ3n) is 2.38. The highest BCUT2D eigenvalue weighted by Crippen LogP contribution is 2.61. The Morgan fingerprint density at radius 3 is 1.04 bits per heavy atom. The van der Waals surface area contributed by atoms with Gasteiger partial charge in [-0.15, -0.1) is 0 Å². The van der Waals surface area contributed by atoms with Crippen molar-refractivity contribution >= 4 is 7.60 Å². The zero-order valence-corrected chi connectivity index (χ0v) is 13.4. The lowest BCUT2D eigenvalue weighted by atomic mass is 10.2. The van der Waals surface area contributed by atoms with Gasteiger partial charge in [0.05, 0.1) is 0 Å². The van der Waals surface area contributed by atoms with Crippen LogP contribution in [0.4, 0.5) is 61.5 Å². The van der Waals surface area contributed by atoms with E-state index in [4.69, 9.17) is 5.11 Å². The molecular formula is C9H7F14O4P. The lowest BCUT2D eigenvalue weighted by molar-refractivity contribution is -0.356. The highest BCUT2D eigenvalue weighted by Gasteiger charge is 2.69. The lowest BCUT2D eigenvalue weighted by Gasteiger charge is -2.32. The zero-order chi connectivity index (χ0) is 23.0. The van der Waals surface area contributed by atoms with Crippen molar-refractivity contribution in [1.29, 1.82) is 0 Å². The van der Waals surface area contributed by atoms with Gasteiger partial charge in [-0.05, 0) is 0 Å². The summed E-state index contributed by atoms with van der Waals surface area (Å²) in [4.78, 5) is 0. The van der Waals surface area contributed by atoms with Gasteiger partial charge in [0.2, 0.25) is 0 Å². The quantitative estimate of drug-likeness (QED) is 0.352. The van der Waals surface area contributed by atoms with Gasteiger partial charge >= 0.3 is 44.0 Å². The van der Waals surface area contributed by atoms with Gasteiger partial charge in [-0.1, -0.05) is 0 Å². The molecule has 0 saturated heterocycles. The number of aliphatic hydroxyl groups excluding tert-OH is 1. The van der Waals surface area contributed by atoms with E-state index >= 15 is 0 Å². The fourth-order valence-corrected chi connectivity index (χ4v) is 2.39. The van der Waals surface area contributed by atoms with E-state index < -0.39 is 63.2 Å². The lowest BCUT2D eigenvalue weighted by Crippen LogP contribution is -2.48. The van der Waals surface area contributed by atoms with Crippen molar-refractivity contribution in [2.45, 2.75) is 49.3 Å². The molecule has 0 saturated carbocycles. The Kier molecular flexibility index (Phi) is 7.51. The Morgan fingerprint density at radius 1 is 0.607 bits per heavy atom. The van der Waals surface area contributed by atoms with Crippen LogP contribution < -0.4 is 0 Å². The van der Waals surface area contributed by atoms with Gasteiger partial charge in [-0.2, -0.15) is 61.5 Å². The van der Waals surface area contributed by atoms with Crippen molar-refractivity contribution in [2.24, 2.45) is 0 Å². The van der Waals surface area contributed by atoms with Crippen LogP contribution in [-0.4, -0.2) is 47.9 Å².